The smallest absolute Gasteiger partial charge is 0.217 e. The van der Waals surface area contributed by atoms with Crippen LogP contribution < -0.4 is 25.4 Å². The zero-order chi connectivity index (χ0) is 43.5. The summed E-state index contributed by atoms with van der Waals surface area (Å²) in [6.45, 7) is 18.4. The number of nitriles is 2. The lowest BCUT2D eigenvalue weighted by atomic mass is 9.84. The number of aliphatic hydroxyl groups is 1. The van der Waals surface area contributed by atoms with Gasteiger partial charge >= 0.3 is 0 Å². The Bertz CT molecular complexity index is 2000. The zero-order valence-electron chi connectivity index (χ0n) is 35.3. The first-order valence-corrected chi connectivity index (χ1v) is 18.4. The number of nitrogens with one attached hydrogen (secondary N) is 3. The van der Waals surface area contributed by atoms with Crippen molar-refractivity contribution in [3.8, 4) is 23.9 Å². The number of anilines is 1. The molecule has 0 fully saturated rings. The molecule has 1 aromatic heterocycles. The van der Waals surface area contributed by atoms with Crippen molar-refractivity contribution in [3.63, 3.8) is 0 Å². The number of methoxy groups -OCH3 is 4. The van der Waals surface area contributed by atoms with Gasteiger partial charge in [-0.25, -0.2) is 9.98 Å². The van der Waals surface area contributed by atoms with Gasteiger partial charge in [-0.05, 0) is 116 Å². The summed E-state index contributed by atoms with van der Waals surface area (Å²) in [5, 5.41) is 37.9. The van der Waals surface area contributed by atoms with Gasteiger partial charge in [-0.2, -0.15) is 10.5 Å². The van der Waals surface area contributed by atoms with Crippen molar-refractivity contribution in [3.05, 3.63) is 69.0 Å². The maximum absolute atomic E-state index is 11.5. The summed E-state index contributed by atoms with van der Waals surface area (Å²) in [6, 6.07) is 5.65. The second kappa shape index (κ2) is 20.4. The summed E-state index contributed by atoms with van der Waals surface area (Å²) in [6.07, 6.45) is 5.21. The number of carbonyl (C=O) groups is 2. The van der Waals surface area contributed by atoms with Gasteiger partial charge in [0.25, 0.3) is 0 Å². The maximum Gasteiger partial charge on any atom is 0.217 e. The molecule has 310 valence electrons. The minimum absolute atomic E-state index is 0.234. The van der Waals surface area contributed by atoms with Crippen LogP contribution in [-0.4, -0.2) is 79.5 Å². The summed E-state index contributed by atoms with van der Waals surface area (Å²) >= 11 is 0. The fraction of sp³-hybridized carbons (Fsp3) is 0.500. The van der Waals surface area contributed by atoms with Crippen LogP contribution >= 0.6 is 9.47 Å². The van der Waals surface area contributed by atoms with E-state index in [9.17, 15) is 20.0 Å². The van der Waals surface area contributed by atoms with Crippen LogP contribution in [0, 0.1) is 50.6 Å². The molecule has 3 rings (SSSR count). The van der Waals surface area contributed by atoms with E-state index in [1.807, 2.05) is 67.8 Å². The van der Waals surface area contributed by atoms with E-state index in [0.717, 1.165) is 34.4 Å². The van der Waals surface area contributed by atoms with Crippen molar-refractivity contribution in [2.45, 2.75) is 104 Å². The van der Waals surface area contributed by atoms with E-state index in [1.54, 1.807) is 42.7 Å². The highest BCUT2D eigenvalue weighted by molar-refractivity contribution is 7.09. The molecule has 3 aromatic rings. The molecule has 0 spiro atoms. The first-order valence-electron chi connectivity index (χ1n) is 17.9. The minimum atomic E-state index is -1.32. The highest BCUT2D eigenvalue weighted by Crippen LogP contribution is 2.40. The van der Waals surface area contributed by atoms with Gasteiger partial charge in [-0.1, -0.05) is 0 Å². The summed E-state index contributed by atoms with van der Waals surface area (Å²) in [4.78, 5) is 31.8. The molecule has 0 saturated carbocycles. The largest absolute Gasteiger partial charge is 0.496 e. The molecular weight excluding hydrogens is 751 g/mol. The third kappa shape index (κ3) is 10.5. The topological polar surface area (TPSA) is 214 Å². The van der Waals surface area contributed by atoms with Gasteiger partial charge in [0.05, 0.1) is 43.1 Å². The molecule has 0 aliphatic rings. The average Bonchev–Trinajstić information content (AvgIpc) is 3.47. The molecule has 0 radical (unpaired) electrons. The predicted octanol–water partition coefficient (Wildman–Crippen LogP) is 5.63. The first kappa shape index (κ1) is 48.1. The molecule has 1 heterocycles. The molecule has 57 heavy (non-hydrogen) atoms. The number of aryl methyl sites for hydroxylation is 3. The molecule has 6 unspecified atom stereocenters. The molecule has 6 atom stereocenters. The fourth-order valence-corrected chi connectivity index (χ4v) is 6.70. The first-order chi connectivity index (χ1) is 26.7. The number of hydrogen-bond acceptors (Lipinski definition) is 13. The van der Waals surface area contributed by atoms with Crippen molar-refractivity contribution < 1.29 is 38.2 Å². The number of ether oxygens (including phenoxy) is 4. The quantitative estimate of drug-likeness (QED) is 0.0263. The molecule has 16 nitrogen and oxygen atoms in total. The molecule has 0 amide bonds. The minimum Gasteiger partial charge on any atom is -0.496 e. The van der Waals surface area contributed by atoms with Crippen molar-refractivity contribution >= 4 is 33.9 Å². The zero-order valence-corrected chi connectivity index (χ0v) is 36.5. The highest BCUT2D eigenvalue weighted by atomic mass is 31.0. The number of aldehydes is 2. The normalized spacial score (nSPS) is 15.2. The molecule has 4 N–H and O–H groups in total. The van der Waals surface area contributed by atoms with Gasteiger partial charge < -0.3 is 38.5 Å². The fourth-order valence-electron chi connectivity index (χ4n) is 6.37. The predicted molar refractivity (Wildman–Crippen MR) is 220 cm³/mol. The standard InChI is InChI=1S/C21H33N4O5P.C19H24N4O3/c1-13-9-18(27-6)16(11-26)10-17(13)20(4,30-31)14(2)24-19(23-12-22)25-15(3)21(5,28-7)29-8;1-11-7-17(26-6)15(9-24)8-16(11)19(5,25)14(4)23-13(3)12(2)22-18(23)21-10-20/h9-11,14-15H,31H2,1-8H3,(H2,23,24,25);7-9,14,25H,1-6H3,(H,21,22). The summed E-state index contributed by atoms with van der Waals surface area (Å²) in [5.41, 5.74) is 3.26. The van der Waals surface area contributed by atoms with Crippen molar-refractivity contribution in [2.24, 2.45) is 4.99 Å². The molecule has 0 aliphatic carbocycles. The molecule has 0 aliphatic heterocycles. The third-order valence-electron chi connectivity index (χ3n) is 10.7. The van der Waals surface area contributed by atoms with Crippen LogP contribution in [0.3, 0.4) is 0 Å². The van der Waals surface area contributed by atoms with Gasteiger partial charge in [0.2, 0.25) is 11.9 Å². The lowest BCUT2D eigenvalue weighted by Gasteiger charge is -2.37. The second-order valence-corrected chi connectivity index (χ2v) is 14.2. The van der Waals surface area contributed by atoms with Crippen molar-refractivity contribution in [1.82, 2.24) is 20.2 Å². The van der Waals surface area contributed by atoms with E-state index in [4.69, 9.17) is 28.7 Å². The third-order valence-corrected chi connectivity index (χ3v) is 11.2. The SMILES string of the molecule is COc1cc(C)c(C(C)(O)C(C)n2c(NC#N)nc(C)c2C)cc1C=O.COc1cc(C)c(C(C)(OP)C(C)NC(=NC(C)C(C)(OC)OC)NC#N)cc1C=O. The average molecular weight is 809 g/mol. The summed E-state index contributed by atoms with van der Waals surface area (Å²) in [5.74, 6) is 0.587. The molecule has 2 aromatic carbocycles. The Hall–Kier alpha value is -5.09. The molecular formula is C40H57N8O8P. The van der Waals surface area contributed by atoms with Gasteiger partial charge in [-0.3, -0.25) is 20.2 Å². The molecule has 0 saturated heterocycles. The van der Waals surface area contributed by atoms with Gasteiger partial charge in [-0.15, -0.1) is 0 Å². The van der Waals surface area contributed by atoms with E-state index < -0.39 is 29.1 Å². The monoisotopic (exact) mass is 808 g/mol. The Balaban J connectivity index is 0.000000399. The van der Waals surface area contributed by atoms with Crippen LogP contribution in [0.25, 0.3) is 0 Å². The Kier molecular flexibility index (Phi) is 17.2. The summed E-state index contributed by atoms with van der Waals surface area (Å²) in [7, 11) is 8.35. The molecule has 17 heteroatoms. The van der Waals surface area contributed by atoms with Gasteiger partial charge in [0.15, 0.2) is 30.7 Å². The van der Waals surface area contributed by atoms with E-state index in [0.29, 0.717) is 40.4 Å². The van der Waals surface area contributed by atoms with Gasteiger partial charge in [0.1, 0.15) is 28.7 Å². The van der Waals surface area contributed by atoms with Crippen LogP contribution in [0.2, 0.25) is 0 Å². The van der Waals surface area contributed by atoms with Crippen LogP contribution in [0.1, 0.15) is 102 Å². The number of imidazole rings is 1. The van der Waals surface area contributed by atoms with E-state index >= 15 is 0 Å². The lowest BCUT2D eigenvalue weighted by molar-refractivity contribution is -0.203. The number of nitrogens with zero attached hydrogens (tertiary/aromatic N) is 5. The van der Waals surface area contributed by atoms with Crippen LogP contribution in [0.5, 0.6) is 11.5 Å². The maximum atomic E-state index is 11.5. The number of carbonyl (C=O) groups excluding carboxylic acids is 2. The van der Waals surface area contributed by atoms with E-state index in [1.165, 1.54) is 28.4 Å². The number of aromatic nitrogens is 2. The molecule has 0 bridgehead atoms. The van der Waals surface area contributed by atoms with Gasteiger partial charge in [0, 0.05) is 29.4 Å². The highest BCUT2D eigenvalue weighted by Gasteiger charge is 2.38. The Morgan fingerprint density at radius 1 is 0.895 bits per heavy atom. The van der Waals surface area contributed by atoms with Crippen molar-refractivity contribution in [1.29, 1.82) is 10.5 Å². The number of hydrogen-bond donors (Lipinski definition) is 4. The number of aliphatic imine (C=N–C) groups is 1. The lowest BCUT2D eigenvalue weighted by Crippen LogP contribution is -2.52. The number of benzene rings is 2. The summed E-state index contributed by atoms with van der Waals surface area (Å²) < 4.78 is 29.0. The Labute approximate surface area is 338 Å². The number of guanidine groups is 1. The van der Waals surface area contributed by atoms with Crippen molar-refractivity contribution in [2.75, 3.05) is 33.8 Å². The van der Waals surface area contributed by atoms with Crippen LogP contribution in [-0.2, 0) is 25.2 Å². The van der Waals surface area contributed by atoms with E-state index in [2.05, 4.69) is 35.4 Å². The Morgan fingerprint density at radius 2 is 1.40 bits per heavy atom. The Morgan fingerprint density at radius 3 is 1.84 bits per heavy atom. The van der Waals surface area contributed by atoms with Crippen LogP contribution in [0.4, 0.5) is 5.95 Å². The van der Waals surface area contributed by atoms with Crippen LogP contribution in [0.15, 0.2) is 29.3 Å². The van der Waals surface area contributed by atoms with E-state index in [-0.39, 0.29) is 12.0 Å². The second-order valence-electron chi connectivity index (χ2n) is 14.0. The number of rotatable bonds is 16.